The van der Waals surface area contributed by atoms with E-state index >= 15 is 0 Å². The lowest BCUT2D eigenvalue weighted by molar-refractivity contribution is -0.147. The maximum absolute atomic E-state index is 12.6. The molecule has 4 rings (SSSR count). The molecule has 4 atom stereocenters. The summed E-state index contributed by atoms with van der Waals surface area (Å²) in [5, 5.41) is 15.0. The van der Waals surface area contributed by atoms with Crippen LogP contribution in [-0.2, 0) is 23.8 Å². The van der Waals surface area contributed by atoms with Crippen LogP contribution in [0, 0.1) is 11.8 Å². The third kappa shape index (κ3) is 11.9. The molecular formula is C38H54N2O8. The van der Waals surface area contributed by atoms with Crippen LogP contribution in [0.1, 0.15) is 110 Å². The molecular weight excluding hydrogens is 612 g/mol. The molecule has 264 valence electrons. The van der Waals surface area contributed by atoms with Crippen molar-refractivity contribution < 1.29 is 38.5 Å². The molecule has 0 bridgehead atoms. The minimum atomic E-state index is -1.03. The lowest BCUT2D eigenvalue weighted by Crippen LogP contribution is -2.50. The largest absolute Gasteiger partial charge is 0.480 e. The number of alkyl carbamates (subject to hydrolysis) is 2. The highest BCUT2D eigenvalue weighted by molar-refractivity contribution is 5.83. The first-order chi connectivity index (χ1) is 22.6. The Labute approximate surface area is 285 Å². The highest BCUT2D eigenvalue weighted by Gasteiger charge is 2.41. The summed E-state index contributed by atoms with van der Waals surface area (Å²) in [7, 11) is 0. The molecule has 4 unspecified atom stereocenters. The molecule has 2 aromatic carbocycles. The molecule has 2 aliphatic rings. The number of nitrogens with one attached hydrogen (secondary N) is 2. The summed E-state index contributed by atoms with van der Waals surface area (Å²) in [6.07, 6.45) is 5.04. The molecule has 0 heterocycles. The average Bonchev–Trinajstić information content (AvgIpc) is 2.94. The van der Waals surface area contributed by atoms with E-state index in [0.717, 1.165) is 49.7 Å². The fourth-order valence-corrected chi connectivity index (χ4v) is 6.12. The number of hydrogen-bond acceptors (Lipinski definition) is 7. The van der Waals surface area contributed by atoms with E-state index in [1.807, 2.05) is 60.7 Å². The molecule has 10 heteroatoms. The maximum atomic E-state index is 12.6. The lowest BCUT2D eigenvalue weighted by Gasteiger charge is -2.38. The van der Waals surface area contributed by atoms with E-state index in [1.54, 1.807) is 48.5 Å². The van der Waals surface area contributed by atoms with Crippen molar-refractivity contribution in [3.05, 3.63) is 71.8 Å². The van der Waals surface area contributed by atoms with Gasteiger partial charge in [0.25, 0.3) is 0 Å². The number of ether oxygens (including phenoxy) is 3. The Kier molecular flexibility index (Phi) is 13.9. The molecule has 10 nitrogen and oxygen atoms in total. The van der Waals surface area contributed by atoms with Crippen LogP contribution in [0.5, 0.6) is 0 Å². The average molecular weight is 667 g/mol. The molecule has 3 N–H and O–H groups in total. The number of carboxylic acids is 1. The van der Waals surface area contributed by atoms with Crippen LogP contribution >= 0.6 is 0 Å². The van der Waals surface area contributed by atoms with Gasteiger partial charge in [-0.1, -0.05) is 73.5 Å². The van der Waals surface area contributed by atoms with E-state index in [9.17, 15) is 24.3 Å². The topological polar surface area (TPSA) is 140 Å². The fraction of sp³-hybridized carbons (Fsp3) is 0.579. The van der Waals surface area contributed by atoms with Gasteiger partial charge >= 0.3 is 24.1 Å². The molecule has 2 fully saturated rings. The smallest absolute Gasteiger partial charge is 0.408 e. The van der Waals surface area contributed by atoms with E-state index in [-0.39, 0.29) is 24.4 Å². The highest BCUT2D eigenvalue weighted by atomic mass is 16.6. The number of carboxylic acid groups (broad SMARTS) is 1. The third-order valence-corrected chi connectivity index (χ3v) is 8.55. The van der Waals surface area contributed by atoms with Crippen LogP contribution in [0.2, 0.25) is 0 Å². The van der Waals surface area contributed by atoms with Crippen LogP contribution in [0.25, 0.3) is 0 Å². The van der Waals surface area contributed by atoms with Crippen LogP contribution in [0.4, 0.5) is 9.59 Å². The Hall–Kier alpha value is -4.08. The Bertz CT molecular complexity index is 1330. The molecule has 48 heavy (non-hydrogen) atoms. The molecule has 2 aromatic rings. The van der Waals surface area contributed by atoms with Gasteiger partial charge in [-0.15, -0.1) is 0 Å². The van der Waals surface area contributed by atoms with E-state index in [1.165, 1.54) is 0 Å². The van der Waals surface area contributed by atoms with Crippen LogP contribution in [0.15, 0.2) is 60.7 Å². The van der Waals surface area contributed by atoms with Gasteiger partial charge in [-0.05, 0) is 97.1 Å². The number of carbonyl (C=O) groups is 4. The second-order valence-electron chi connectivity index (χ2n) is 14.6. The van der Waals surface area contributed by atoms with Crippen molar-refractivity contribution in [2.75, 3.05) is 6.61 Å². The Morgan fingerprint density at radius 1 is 0.688 bits per heavy atom. The number of rotatable bonds is 11. The summed E-state index contributed by atoms with van der Waals surface area (Å²) in [5.41, 5.74) is 0.704. The summed E-state index contributed by atoms with van der Waals surface area (Å²) < 4.78 is 15.8. The molecule has 2 aliphatic carbocycles. The quantitative estimate of drug-likeness (QED) is 0.165. The van der Waals surface area contributed by atoms with E-state index < -0.39 is 47.4 Å². The molecule has 0 aliphatic heterocycles. The first-order valence-corrected chi connectivity index (χ1v) is 17.1. The predicted octanol–water partition coefficient (Wildman–Crippen LogP) is 7.57. The number of esters is 1. The Balaban J connectivity index is 0.000000261. The molecule has 0 spiro atoms. The Morgan fingerprint density at radius 3 is 1.38 bits per heavy atom. The van der Waals surface area contributed by atoms with E-state index in [0.29, 0.717) is 5.92 Å². The first kappa shape index (κ1) is 38.4. The van der Waals surface area contributed by atoms with E-state index in [2.05, 4.69) is 10.6 Å². The van der Waals surface area contributed by atoms with Crippen molar-refractivity contribution >= 4 is 24.1 Å². The first-order valence-electron chi connectivity index (χ1n) is 17.1. The third-order valence-electron chi connectivity index (χ3n) is 8.55. The summed E-state index contributed by atoms with van der Waals surface area (Å²) in [5.74, 6) is -1.16. The number of hydrogen-bond donors (Lipinski definition) is 3. The van der Waals surface area contributed by atoms with Crippen molar-refractivity contribution in [2.24, 2.45) is 11.8 Å². The molecule has 2 amide bonds. The predicted molar refractivity (Wildman–Crippen MR) is 184 cm³/mol. The normalized spacial score (nSPS) is 17.4. The number of aliphatic carboxylic acids is 1. The van der Waals surface area contributed by atoms with Crippen molar-refractivity contribution in [2.45, 2.75) is 122 Å². The zero-order valence-electron chi connectivity index (χ0n) is 29.5. The summed E-state index contributed by atoms with van der Waals surface area (Å²) in [4.78, 5) is 48.7. The van der Waals surface area contributed by atoms with Gasteiger partial charge in [0.2, 0.25) is 0 Å². The van der Waals surface area contributed by atoms with Gasteiger partial charge in [-0.3, -0.25) is 0 Å². The highest BCUT2D eigenvalue weighted by Crippen LogP contribution is 2.42. The fourth-order valence-electron chi connectivity index (χ4n) is 6.12. The van der Waals surface area contributed by atoms with Gasteiger partial charge in [0.15, 0.2) is 0 Å². The van der Waals surface area contributed by atoms with Crippen LogP contribution < -0.4 is 10.6 Å². The van der Waals surface area contributed by atoms with Crippen molar-refractivity contribution in [3.8, 4) is 0 Å². The zero-order chi connectivity index (χ0) is 35.5. The summed E-state index contributed by atoms with van der Waals surface area (Å²) >= 11 is 0. The molecule has 2 saturated carbocycles. The van der Waals surface area contributed by atoms with Crippen molar-refractivity contribution in [3.63, 3.8) is 0 Å². The minimum Gasteiger partial charge on any atom is -0.480 e. The second kappa shape index (κ2) is 17.4. The SMILES string of the molecule is CC(C)(C)OC(=O)NC(C(=O)O)C(c1ccccc1)C1CCC1.CCOC(=O)C(NC(=O)OC(C)(C)C)C(c1ccccc1)C1CCC1. The number of amides is 2. The van der Waals surface area contributed by atoms with Crippen LogP contribution in [0.3, 0.4) is 0 Å². The molecule has 0 saturated heterocycles. The van der Waals surface area contributed by atoms with Gasteiger partial charge in [-0.2, -0.15) is 0 Å². The molecule has 0 radical (unpaired) electrons. The number of carbonyl (C=O) groups excluding carboxylic acids is 3. The lowest BCUT2D eigenvalue weighted by atomic mass is 9.70. The number of benzene rings is 2. The van der Waals surface area contributed by atoms with Gasteiger partial charge < -0.3 is 30.0 Å². The minimum absolute atomic E-state index is 0.110. The second-order valence-corrected chi connectivity index (χ2v) is 14.6. The van der Waals surface area contributed by atoms with Gasteiger partial charge in [0.1, 0.15) is 23.3 Å². The van der Waals surface area contributed by atoms with Gasteiger partial charge in [0, 0.05) is 11.8 Å². The van der Waals surface area contributed by atoms with Crippen molar-refractivity contribution in [1.82, 2.24) is 10.6 Å². The van der Waals surface area contributed by atoms with Crippen LogP contribution in [-0.4, -0.2) is 59.1 Å². The van der Waals surface area contributed by atoms with Gasteiger partial charge in [0.05, 0.1) is 6.61 Å². The monoisotopic (exact) mass is 666 g/mol. The maximum Gasteiger partial charge on any atom is 0.408 e. The Morgan fingerprint density at radius 2 is 1.06 bits per heavy atom. The molecule has 0 aromatic heterocycles. The van der Waals surface area contributed by atoms with E-state index in [4.69, 9.17) is 14.2 Å². The summed E-state index contributed by atoms with van der Waals surface area (Å²) in [6.45, 7) is 12.7. The standard InChI is InChI=1S/C20H29NO4.C18H25NO4/c1-5-24-18(22)17(21-19(23)25-20(2,3)4)16(15-12-9-13-15)14-10-7-6-8-11-14;1-18(2,3)23-17(22)19-15(16(20)21)14(13-10-7-11-13)12-8-5-4-6-9-12/h6-8,10-11,15-17H,5,9,12-13H2,1-4H3,(H,21,23);4-6,8-9,13-15H,7,10-11H2,1-3H3,(H,19,22)(H,20,21). The van der Waals surface area contributed by atoms with Crippen molar-refractivity contribution in [1.29, 1.82) is 0 Å². The zero-order valence-corrected chi connectivity index (χ0v) is 29.5. The summed E-state index contributed by atoms with van der Waals surface area (Å²) in [6, 6.07) is 17.7. The van der Waals surface area contributed by atoms with Gasteiger partial charge in [-0.25, -0.2) is 19.2 Å².